The molecule has 95 valence electrons. The molecule has 0 aliphatic heterocycles. The van der Waals surface area contributed by atoms with E-state index in [4.69, 9.17) is 0 Å². The van der Waals surface area contributed by atoms with Crippen LogP contribution in [0.5, 0.6) is 0 Å². The molecule has 0 N–H and O–H groups in total. The standard InChI is InChI=1S/8Pd.3Sb. The molecule has 0 fully saturated rings. The molecule has 9 radical (unpaired) electrons. The summed E-state index contributed by atoms with van der Waals surface area (Å²) in [5.41, 5.74) is 0. The van der Waals surface area contributed by atoms with Gasteiger partial charge in [-0.1, -0.05) is 0 Å². The van der Waals surface area contributed by atoms with Gasteiger partial charge in [0.15, 0.2) is 0 Å². The van der Waals surface area contributed by atoms with Gasteiger partial charge in [-0.25, -0.2) is 0 Å². The van der Waals surface area contributed by atoms with E-state index in [0.717, 1.165) is 0 Å². The molecule has 11 heteroatoms. The van der Waals surface area contributed by atoms with Crippen LogP contribution < -0.4 is 0 Å². The van der Waals surface area contributed by atoms with Gasteiger partial charge in [-0.05, 0) is 0 Å². The van der Waals surface area contributed by atoms with E-state index in [-0.39, 0.29) is 237 Å². The molecule has 0 unspecified atom stereocenters. The SMILES string of the molecule is [Pd].[Pd].[Pd].[Pd].[Pd].[Pd].[Pd].[Pd].[Sb].[Sb].[Sb]. The third-order valence-corrected chi connectivity index (χ3v) is 0. The number of rotatable bonds is 0. The average Bonchev–Trinajstić information content (AvgIpc) is 0. The predicted molar refractivity (Wildman–Crippen MR) is 17.3 cm³/mol. The van der Waals surface area contributed by atoms with E-state index >= 15 is 0 Å². The smallest absolute Gasteiger partial charge is 0 e. The summed E-state index contributed by atoms with van der Waals surface area (Å²) < 4.78 is 0. The maximum atomic E-state index is 0. The van der Waals surface area contributed by atoms with Crippen LogP contribution in [0.1, 0.15) is 0 Å². The molecule has 0 aliphatic rings. The van der Waals surface area contributed by atoms with E-state index in [1.807, 2.05) is 0 Å². The van der Waals surface area contributed by atoms with Crippen LogP contribution in [0, 0.1) is 0 Å². The van der Waals surface area contributed by atoms with E-state index < -0.39 is 0 Å². The molecule has 11 heavy (non-hydrogen) atoms. The summed E-state index contributed by atoms with van der Waals surface area (Å²) in [5.74, 6) is 0. The first-order valence-electron chi connectivity index (χ1n) is 0. The van der Waals surface area contributed by atoms with Gasteiger partial charge in [-0.3, -0.25) is 0 Å². The maximum absolute atomic E-state index is 0. The van der Waals surface area contributed by atoms with E-state index in [0.29, 0.717) is 0 Å². The van der Waals surface area contributed by atoms with E-state index in [1.165, 1.54) is 0 Å². The van der Waals surface area contributed by atoms with Crippen molar-refractivity contribution in [1.82, 2.24) is 0 Å². The van der Waals surface area contributed by atoms with Crippen molar-refractivity contribution in [3.05, 3.63) is 0 Å². The molecule has 0 bridgehead atoms. The maximum Gasteiger partial charge on any atom is 0 e. The van der Waals surface area contributed by atoms with Crippen LogP contribution in [0.4, 0.5) is 0 Å². The Bertz CT molecular complexity index is 9.30. The zero-order valence-electron chi connectivity index (χ0n) is 3.87. The molecular weight excluding hydrogens is 1220 g/mol. The summed E-state index contributed by atoms with van der Waals surface area (Å²) >= 11 is 0. The fourth-order valence-corrected chi connectivity index (χ4v) is 0. The predicted octanol–water partition coefficient (Wildman–Crippen LogP) is -1.16. The molecule has 0 aromatic carbocycles. The second kappa shape index (κ2) is 82.9. The molecule has 0 atom stereocenters. The van der Waals surface area contributed by atoms with Crippen LogP contribution in [0.15, 0.2) is 0 Å². The second-order valence-corrected chi connectivity index (χ2v) is 0. The Morgan fingerprint density at radius 2 is 0.182 bits per heavy atom. The van der Waals surface area contributed by atoms with Gasteiger partial charge in [-0.15, -0.1) is 0 Å². The van der Waals surface area contributed by atoms with Gasteiger partial charge in [0.1, 0.15) is 0 Å². The van der Waals surface area contributed by atoms with Crippen LogP contribution in [0.3, 0.4) is 0 Å². The van der Waals surface area contributed by atoms with Crippen molar-refractivity contribution >= 4 is 73.3 Å². The summed E-state index contributed by atoms with van der Waals surface area (Å²) in [5, 5.41) is 0. The van der Waals surface area contributed by atoms with Crippen LogP contribution >= 0.6 is 0 Å². The van der Waals surface area contributed by atoms with Gasteiger partial charge in [-0.2, -0.15) is 0 Å². The van der Waals surface area contributed by atoms with Crippen molar-refractivity contribution in [2.75, 3.05) is 0 Å². The van der Waals surface area contributed by atoms with Crippen molar-refractivity contribution < 1.29 is 163 Å². The van der Waals surface area contributed by atoms with Crippen molar-refractivity contribution in [3.8, 4) is 0 Å². The summed E-state index contributed by atoms with van der Waals surface area (Å²) in [4.78, 5) is 0. The minimum absolute atomic E-state index is 0. The Balaban J connectivity index is 0. The fraction of sp³-hybridized carbons (Fsp3) is 0. The molecule has 0 rings (SSSR count). The first-order valence-corrected chi connectivity index (χ1v) is 0. The van der Waals surface area contributed by atoms with Gasteiger partial charge in [0.2, 0.25) is 0 Å². The van der Waals surface area contributed by atoms with Gasteiger partial charge < -0.3 is 0 Å². The number of hydrogen-bond donors (Lipinski definition) is 0. The van der Waals surface area contributed by atoms with Gasteiger partial charge in [0.25, 0.3) is 0 Å². The van der Waals surface area contributed by atoms with Crippen LogP contribution in [-0.2, 0) is 163 Å². The van der Waals surface area contributed by atoms with Gasteiger partial charge in [0.05, 0.1) is 0 Å². The Kier molecular flexibility index (Phi) is 741. The molecule has 0 aromatic rings. The van der Waals surface area contributed by atoms with E-state index in [9.17, 15) is 0 Å². The largest absolute Gasteiger partial charge is 0 e. The van der Waals surface area contributed by atoms with Crippen LogP contribution in [-0.4, -0.2) is 73.3 Å². The zero-order chi connectivity index (χ0) is 0. The summed E-state index contributed by atoms with van der Waals surface area (Å²) in [6.45, 7) is 0. The summed E-state index contributed by atoms with van der Waals surface area (Å²) in [6.07, 6.45) is 0. The Morgan fingerprint density at radius 3 is 0.182 bits per heavy atom. The summed E-state index contributed by atoms with van der Waals surface area (Å²) in [7, 11) is 0. The zero-order valence-corrected chi connectivity index (χ0v) is 24.0. The molecule has 0 aromatic heterocycles. The third-order valence-electron chi connectivity index (χ3n) is 0. The van der Waals surface area contributed by atoms with Crippen LogP contribution in [0.2, 0.25) is 0 Å². The molecule has 0 heterocycles. The van der Waals surface area contributed by atoms with E-state index in [2.05, 4.69) is 0 Å². The van der Waals surface area contributed by atoms with Crippen molar-refractivity contribution in [1.29, 1.82) is 0 Å². The molecule has 0 saturated carbocycles. The molecule has 0 spiro atoms. The molecular formula is Pd8Sb3. The molecule has 0 aliphatic carbocycles. The topological polar surface area (TPSA) is 0 Å². The Morgan fingerprint density at radius 1 is 0.182 bits per heavy atom. The number of hydrogen-bond acceptors (Lipinski definition) is 0. The average molecular weight is 1220 g/mol. The fourth-order valence-electron chi connectivity index (χ4n) is 0. The van der Waals surface area contributed by atoms with Gasteiger partial charge in [0, 0.05) is 237 Å². The molecule has 0 nitrogen and oxygen atoms in total. The Hall–Kier alpha value is 7.75. The van der Waals surface area contributed by atoms with Crippen LogP contribution in [0.25, 0.3) is 0 Å². The first kappa shape index (κ1) is 98.3. The minimum atomic E-state index is 0. The first-order chi connectivity index (χ1) is 0. The summed E-state index contributed by atoms with van der Waals surface area (Å²) in [6, 6.07) is 0. The van der Waals surface area contributed by atoms with Crippen molar-refractivity contribution in [2.24, 2.45) is 0 Å². The second-order valence-electron chi connectivity index (χ2n) is 0. The van der Waals surface area contributed by atoms with Crippen molar-refractivity contribution in [2.45, 2.75) is 0 Å². The molecule has 0 saturated heterocycles. The Labute approximate surface area is 230 Å². The van der Waals surface area contributed by atoms with Crippen molar-refractivity contribution in [3.63, 3.8) is 0 Å². The van der Waals surface area contributed by atoms with Gasteiger partial charge >= 0.3 is 0 Å². The minimum Gasteiger partial charge on any atom is 0 e. The third kappa shape index (κ3) is 73.3. The molecule has 0 amide bonds. The normalized spacial score (nSPS) is 0. The quantitative estimate of drug-likeness (QED) is 0.269. The van der Waals surface area contributed by atoms with E-state index in [1.54, 1.807) is 0 Å². The monoisotopic (exact) mass is 1210 g/mol.